The van der Waals surface area contributed by atoms with Crippen molar-refractivity contribution in [2.45, 2.75) is 24.9 Å². The van der Waals surface area contributed by atoms with Crippen molar-refractivity contribution in [3.63, 3.8) is 0 Å². The van der Waals surface area contributed by atoms with Gasteiger partial charge in [0.2, 0.25) is 0 Å². The summed E-state index contributed by atoms with van der Waals surface area (Å²) in [6, 6.07) is 10.0. The van der Waals surface area contributed by atoms with Crippen LogP contribution in [0.15, 0.2) is 48.5 Å². The first-order chi connectivity index (χ1) is 14.1. The molecule has 0 fully saturated rings. The molecule has 12 heteroatoms. The Morgan fingerprint density at radius 2 is 1.23 bits per heavy atom. The molecule has 0 heterocycles. The summed E-state index contributed by atoms with van der Waals surface area (Å²) in [5, 5.41) is 44.7. The molecular formula is C18H22N4O8. The number of hydrogen-bond donors (Lipinski definition) is 7. The van der Waals surface area contributed by atoms with Gasteiger partial charge in [0, 0.05) is 6.42 Å². The zero-order chi connectivity index (χ0) is 22.7. The maximum Gasteiger partial charge on any atom is 0.332 e. The molecule has 0 unspecified atom stereocenters. The Bertz CT molecular complexity index is 842. The number of nitrogens with two attached hydrogens (primary N) is 1. The Kier molecular flexibility index (Phi) is 9.52. The number of nitrogens with zero attached hydrogens (tertiary/aromatic N) is 1. The van der Waals surface area contributed by atoms with Crippen molar-refractivity contribution < 1.29 is 35.0 Å². The lowest BCUT2D eigenvalue weighted by Gasteiger charge is -2.10. The van der Waals surface area contributed by atoms with Crippen molar-refractivity contribution in [1.29, 1.82) is 0 Å². The van der Waals surface area contributed by atoms with E-state index in [1.165, 1.54) is 36.4 Å². The van der Waals surface area contributed by atoms with Crippen LogP contribution >= 0.6 is 0 Å². The zero-order valence-corrected chi connectivity index (χ0v) is 15.6. The molecule has 0 aliphatic carbocycles. The molecule has 0 saturated heterocycles. The number of carbonyl (C=O) groups is 2. The molecule has 0 aromatic heterocycles. The minimum Gasteiger partial charge on any atom is -0.508 e. The Labute approximate surface area is 170 Å². The fourth-order valence-corrected chi connectivity index (χ4v) is 2.27. The van der Waals surface area contributed by atoms with Gasteiger partial charge in [0.05, 0.1) is 0 Å². The molecule has 2 aromatic rings. The summed E-state index contributed by atoms with van der Waals surface area (Å²) in [6.45, 7) is 0. The number of benzene rings is 2. The van der Waals surface area contributed by atoms with E-state index in [0.29, 0.717) is 5.56 Å². The quantitative estimate of drug-likeness (QED) is 0.163. The van der Waals surface area contributed by atoms with Crippen molar-refractivity contribution in [2.75, 3.05) is 0 Å². The van der Waals surface area contributed by atoms with Gasteiger partial charge in [0.25, 0.3) is 0 Å². The number of hydrazine groups is 2. The van der Waals surface area contributed by atoms with E-state index in [1.807, 2.05) is 0 Å². The molecular weight excluding hydrogens is 400 g/mol. The van der Waals surface area contributed by atoms with Crippen LogP contribution in [-0.4, -0.2) is 49.5 Å². The van der Waals surface area contributed by atoms with Gasteiger partial charge in [-0.15, -0.1) is 5.43 Å². The molecule has 30 heavy (non-hydrogen) atoms. The van der Waals surface area contributed by atoms with E-state index >= 15 is 0 Å². The number of phenols is 2. The first-order valence-electron chi connectivity index (χ1n) is 8.50. The highest BCUT2D eigenvalue weighted by atomic mass is 16.7. The lowest BCUT2D eigenvalue weighted by Crippen LogP contribution is -2.42. The Morgan fingerprint density at radius 1 is 0.867 bits per heavy atom. The average Bonchev–Trinajstić information content (AvgIpc) is 2.68. The van der Waals surface area contributed by atoms with Gasteiger partial charge in [-0.1, -0.05) is 24.3 Å². The second-order valence-electron chi connectivity index (χ2n) is 6.08. The fraction of sp³-hybridized carbons (Fsp3) is 0.222. The second kappa shape index (κ2) is 11.8. The van der Waals surface area contributed by atoms with E-state index in [4.69, 9.17) is 26.3 Å². The number of carboxylic acid groups (broad SMARTS) is 2. The maximum absolute atomic E-state index is 10.7. The molecule has 0 saturated carbocycles. The van der Waals surface area contributed by atoms with E-state index in [0.717, 1.165) is 5.56 Å². The summed E-state index contributed by atoms with van der Waals surface area (Å²) in [7, 11) is 0. The molecule has 2 rings (SSSR count). The van der Waals surface area contributed by atoms with Crippen molar-refractivity contribution in [3.05, 3.63) is 69.8 Å². The van der Waals surface area contributed by atoms with Crippen molar-refractivity contribution in [1.82, 2.24) is 10.9 Å². The highest BCUT2D eigenvalue weighted by molar-refractivity contribution is 5.74. The van der Waals surface area contributed by atoms with Gasteiger partial charge in [0.15, 0.2) is 11.1 Å². The smallest absolute Gasteiger partial charge is 0.332 e. The Hall–Kier alpha value is -3.90. The normalized spacial score (nSPS) is 12.0. The van der Waals surface area contributed by atoms with Gasteiger partial charge in [-0.05, 0) is 41.8 Å². The molecule has 2 atom stereocenters. The molecule has 0 radical (unpaired) electrons. The van der Waals surface area contributed by atoms with Crippen LogP contribution in [0.5, 0.6) is 11.5 Å². The molecule has 8 N–H and O–H groups in total. The highest BCUT2D eigenvalue weighted by Crippen LogP contribution is 2.12. The van der Waals surface area contributed by atoms with Crippen LogP contribution in [0.1, 0.15) is 11.1 Å². The molecule has 0 bridgehead atoms. The van der Waals surface area contributed by atoms with Gasteiger partial charge >= 0.3 is 11.9 Å². The lowest BCUT2D eigenvalue weighted by atomic mass is 10.1. The second-order valence-corrected chi connectivity index (χ2v) is 6.08. The number of aromatic hydroxyl groups is 2. The summed E-state index contributed by atoms with van der Waals surface area (Å²) in [5.74, 6) is 2.98. The van der Waals surface area contributed by atoms with Gasteiger partial charge in [-0.25, -0.2) is 20.3 Å². The fourth-order valence-electron chi connectivity index (χ4n) is 2.27. The van der Waals surface area contributed by atoms with E-state index in [-0.39, 0.29) is 24.3 Å². The summed E-state index contributed by atoms with van der Waals surface area (Å²) in [4.78, 5) is 31.4. The highest BCUT2D eigenvalue weighted by Gasteiger charge is 2.22. The van der Waals surface area contributed by atoms with E-state index < -0.39 is 29.1 Å². The van der Waals surface area contributed by atoms with Crippen molar-refractivity contribution >= 4 is 11.9 Å². The largest absolute Gasteiger partial charge is 0.508 e. The van der Waals surface area contributed by atoms with Crippen LogP contribution in [0.2, 0.25) is 0 Å². The summed E-state index contributed by atoms with van der Waals surface area (Å²) >= 11 is 0. The first-order valence-corrected chi connectivity index (χ1v) is 8.50. The molecule has 0 aliphatic heterocycles. The molecule has 162 valence electrons. The monoisotopic (exact) mass is 422 g/mol. The summed E-state index contributed by atoms with van der Waals surface area (Å²) in [6.07, 6.45) is 0.253. The number of carboxylic acids is 2. The predicted molar refractivity (Wildman–Crippen MR) is 104 cm³/mol. The molecule has 2 aromatic carbocycles. The minimum atomic E-state index is -1.30. The third kappa shape index (κ3) is 8.86. The summed E-state index contributed by atoms with van der Waals surface area (Å²) in [5.41, 5.74) is 5.29. The van der Waals surface area contributed by atoms with Crippen LogP contribution in [-0.2, 0) is 22.4 Å². The third-order valence-corrected chi connectivity index (χ3v) is 3.81. The maximum atomic E-state index is 10.7. The van der Waals surface area contributed by atoms with E-state index in [1.54, 1.807) is 17.6 Å². The third-order valence-electron chi connectivity index (χ3n) is 3.81. The average molecular weight is 422 g/mol. The van der Waals surface area contributed by atoms with Crippen molar-refractivity contribution in [3.8, 4) is 11.5 Å². The lowest BCUT2D eigenvalue weighted by molar-refractivity contribution is -0.548. The van der Waals surface area contributed by atoms with Crippen LogP contribution in [0, 0.1) is 10.1 Å². The number of hydrogen-bond acceptors (Lipinski definition) is 8. The molecule has 0 aliphatic rings. The molecule has 0 amide bonds. The Balaban J connectivity index is 0.000000303. The van der Waals surface area contributed by atoms with Gasteiger partial charge in [0.1, 0.15) is 17.5 Å². The van der Waals surface area contributed by atoms with Crippen LogP contribution in [0.4, 0.5) is 0 Å². The number of nitro groups is 1. The topological polar surface area (TPSA) is 208 Å². The number of nitrogens with one attached hydrogen (secondary N) is 2. The predicted octanol–water partition coefficient (Wildman–Crippen LogP) is 0.0204. The van der Waals surface area contributed by atoms with Crippen LogP contribution in [0.3, 0.4) is 0 Å². The number of rotatable bonds is 9. The van der Waals surface area contributed by atoms with Gasteiger partial charge < -0.3 is 20.4 Å². The van der Waals surface area contributed by atoms with E-state index in [2.05, 4.69) is 5.43 Å². The van der Waals surface area contributed by atoms with Gasteiger partial charge in [-0.2, -0.15) is 0 Å². The first kappa shape index (κ1) is 24.1. The van der Waals surface area contributed by atoms with E-state index in [9.17, 15) is 19.7 Å². The zero-order valence-electron chi connectivity index (χ0n) is 15.6. The molecule has 12 nitrogen and oxygen atoms in total. The molecule has 0 spiro atoms. The minimum absolute atomic E-state index is 0.0312. The standard InChI is InChI=1S/C9H10N2O5.C9H12N2O3/c12-7-3-1-6(2-4-7)5-8(9(13)14)10-11(15)16;10-11-8(9(13)14)5-6-1-3-7(12)4-2-6/h1-4,8,10,12H,5H2,(H,13,14);1-4,8,11-12H,5,10H2,(H,13,14)/t2*8-/m00/s1. The van der Waals surface area contributed by atoms with Crippen LogP contribution < -0.4 is 16.7 Å². The van der Waals surface area contributed by atoms with Crippen molar-refractivity contribution in [2.24, 2.45) is 5.84 Å². The van der Waals surface area contributed by atoms with Gasteiger partial charge in [-0.3, -0.25) is 10.6 Å². The van der Waals surface area contributed by atoms with Crippen LogP contribution in [0.25, 0.3) is 0 Å². The number of aliphatic carboxylic acids is 2. The SMILES string of the molecule is NN[C@@H](Cc1ccc(O)cc1)C(=O)O.O=C(O)[C@H](Cc1ccc(O)cc1)N[N+](=O)[O-]. The summed E-state index contributed by atoms with van der Waals surface area (Å²) < 4.78 is 0. The number of phenolic OH excluding ortho intramolecular Hbond substituents is 2. The Morgan fingerprint density at radius 3 is 1.53 bits per heavy atom.